The molecular weight excluding hydrogens is 438 g/mol. The van der Waals surface area contributed by atoms with E-state index in [1.165, 1.54) is 19.3 Å². The van der Waals surface area contributed by atoms with E-state index in [4.69, 9.17) is 9.47 Å². The number of carbonyl (C=O) groups is 2. The summed E-state index contributed by atoms with van der Waals surface area (Å²) in [5.74, 6) is 0.0878. The first-order chi connectivity index (χ1) is 16.3. The molecule has 0 unspecified atom stereocenters. The number of carboxylic acid groups (broad SMARTS) is 1. The van der Waals surface area contributed by atoms with Crippen molar-refractivity contribution >= 4 is 12.1 Å². The number of aryl methyl sites for hydroxylation is 2. The summed E-state index contributed by atoms with van der Waals surface area (Å²) in [5, 5.41) is 17.6. The maximum atomic E-state index is 12.4. The first kappa shape index (κ1) is 24.0. The van der Waals surface area contributed by atoms with Gasteiger partial charge in [-0.2, -0.15) is 0 Å². The number of aliphatic carboxylic acids is 1. The van der Waals surface area contributed by atoms with Gasteiger partial charge in [0, 0.05) is 20.6 Å². The van der Waals surface area contributed by atoms with Gasteiger partial charge in [0.05, 0.1) is 23.4 Å². The average molecular weight is 472 g/mol. The van der Waals surface area contributed by atoms with Crippen LogP contribution >= 0.6 is 0 Å². The highest BCUT2D eigenvalue weighted by Crippen LogP contribution is 2.31. The van der Waals surface area contributed by atoms with Gasteiger partial charge >= 0.3 is 12.1 Å². The van der Waals surface area contributed by atoms with Crippen LogP contribution in [0.15, 0.2) is 12.1 Å². The first-order valence-electron chi connectivity index (χ1n) is 12.0. The first-order valence-corrected chi connectivity index (χ1v) is 12.0. The normalized spacial score (nSPS) is 20.4. The van der Waals surface area contributed by atoms with Crippen molar-refractivity contribution in [3.63, 3.8) is 0 Å². The lowest BCUT2D eigenvalue weighted by molar-refractivity contribution is -0.143. The molecular formula is C24H33N5O5. The van der Waals surface area contributed by atoms with Gasteiger partial charge in [0.1, 0.15) is 23.7 Å². The Bertz CT molecular complexity index is 1030. The van der Waals surface area contributed by atoms with Gasteiger partial charge in [-0.1, -0.05) is 11.6 Å². The summed E-state index contributed by atoms with van der Waals surface area (Å²) in [6.45, 7) is 2.61. The predicted molar refractivity (Wildman–Crippen MR) is 123 cm³/mol. The number of carboxylic acids is 1. The standard InChI is InChI=1S/C24H33N5O5/c1-15-21(34-18-9-5-8-17(12-18)23(30)31)11-10-19(25-15)22-20(29(3)27-26-22)14-33-24(32)28(2)13-16-6-4-7-16/h10-11,16-18H,4-9,12-14H2,1-3H3,(H,30,31)/t17-,18+/m1/s1. The molecule has 2 atom stereocenters. The van der Waals surface area contributed by atoms with Crippen LogP contribution in [0.5, 0.6) is 5.75 Å². The largest absolute Gasteiger partial charge is 0.489 e. The fourth-order valence-corrected chi connectivity index (χ4v) is 4.58. The Balaban J connectivity index is 1.41. The maximum Gasteiger partial charge on any atom is 0.409 e. The number of carbonyl (C=O) groups excluding carboxylic acids is 1. The zero-order chi connectivity index (χ0) is 24.2. The second kappa shape index (κ2) is 10.4. The Morgan fingerprint density at radius 1 is 1.21 bits per heavy atom. The molecule has 2 aliphatic carbocycles. The summed E-state index contributed by atoms with van der Waals surface area (Å²) in [6.07, 6.45) is 5.94. The van der Waals surface area contributed by atoms with Gasteiger partial charge in [-0.15, -0.1) is 5.10 Å². The monoisotopic (exact) mass is 471 g/mol. The molecule has 10 heteroatoms. The van der Waals surface area contributed by atoms with Crippen LogP contribution in [0.1, 0.15) is 56.3 Å². The number of nitrogens with zero attached hydrogens (tertiary/aromatic N) is 5. The van der Waals surface area contributed by atoms with Crippen LogP contribution < -0.4 is 4.74 Å². The van der Waals surface area contributed by atoms with E-state index in [9.17, 15) is 14.7 Å². The summed E-state index contributed by atoms with van der Waals surface area (Å²) in [5.41, 5.74) is 2.50. The summed E-state index contributed by atoms with van der Waals surface area (Å²) in [4.78, 5) is 30.0. The zero-order valence-electron chi connectivity index (χ0n) is 20.1. The molecule has 2 saturated carbocycles. The molecule has 0 aliphatic heterocycles. The molecule has 2 aliphatic rings. The molecule has 0 aromatic carbocycles. The zero-order valence-corrected chi connectivity index (χ0v) is 20.1. The van der Waals surface area contributed by atoms with Crippen LogP contribution in [0.25, 0.3) is 11.4 Å². The number of aromatic nitrogens is 4. The topological polar surface area (TPSA) is 120 Å². The van der Waals surface area contributed by atoms with Crippen LogP contribution in [0.3, 0.4) is 0 Å². The molecule has 34 heavy (non-hydrogen) atoms. The quantitative estimate of drug-likeness (QED) is 0.620. The lowest BCUT2D eigenvalue weighted by atomic mass is 9.85. The number of ether oxygens (including phenoxy) is 2. The molecule has 2 heterocycles. The lowest BCUT2D eigenvalue weighted by Gasteiger charge is -2.29. The van der Waals surface area contributed by atoms with Crippen molar-refractivity contribution in [1.82, 2.24) is 24.9 Å². The van der Waals surface area contributed by atoms with E-state index in [0.29, 0.717) is 53.8 Å². The molecule has 2 aromatic rings. The van der Waals surface area contributed by atoms with E-state index in [1.54, 1.807) is 29.7 Å². The molecule has 0 spiro atoms. The van der Waals surface area contributed by atoms with Crippen molar-refractivity contribution in [3.05, 3.63) is 23.5 Å². The summed E-state index contributed by atoms with van der Waals surface area (Å²) in [6, 6.07) is 3.64. The predicted octanol–water partition coefficient (Wildman–Crippen LogP) is 3.58. The van der Waals surface area contributed by atoms with Gasteiger partial charge in [0.15, 0.2) is 0 Å². The molecule has 1 N–H and O–H groups in total. The van der Waals surface area contributed by atoms with Gasteiger partial charge in [-0.3, -0.25) is 4.79 Å². The highest BCUT2D eigenvalue weighted by Gasteiger charge is 2.29. The lowest BCUT2D eigenvalue weighted by Crippen LogP contribution is -2.34. The van der Waals surface area contributed by atoms with Crippen LogP contribution in [-0.2, 0) is 23.2 Å². The third-order valence-corrected chi connectivity index (χ3v) is 6.89. The molecule has 0 radical (unpaired) electrons. The van der Waals surface area contributed by atoms with Crippen molar-refractivity contribution in [1.29, 1.82) is 0 Å². The van der Waals surface area contributed by atoms with Crippen LogP contribution in [-0.4, -0.2) is 61.7 Å². The van der Waals surface area contributed by atoms with E-state index < -0.39 is 5.97 Å². The van der Waals surface area contributed by atoms with Crippen LogP contribution in [0.2, 0.25) is 0 Å². The summed E-state index contributed by atoms with van der Waals surface area (Å²) in [7, 11) is 3.52. The minimum Gasteiger partial charge on any atom is -0.489 e. The molecule has 0 saturated heterocycles. The fourth-order valence-electron chi connectivity index (χ4n) is 4.58. The Labute approximate surface area is 199 Å². The molecule has 184 valence electrons. The number of hydrogen-bond donors (Lipinski definition) is 1. The van der Waals surface area contributed by atoms with Crippen molar-refractivity contribution < 1.29 is 24.2 Å². The Kier molecular flexibility index (Phi) is 7.33. The fraction of sp³-hybridized carbons (Fsp3) is 0.625. The highest BCUT2D eigenvalue weighted by atomic mass is 16.6. The minimum atomic E-state index is -0.761. The van der Waals surface area contributed by atoms with Gasteiger partial charge in [0.25, 0.3) is 0 Å². The maximum absolute atomic E-state index is 12.4. The molecule has 10 nitrogen and oxygen atoms in total. The van der Waals surface area contributed by atoms with E-state index in [-0.39, 0.29) is 24.7 Å². The Hall–Kier alpha value is -3.17. The van der Waals surface area contributed by atoms with E-state index in [0.717, 1.165) is 12.8 Å². The van der Waals surface area contributed by atoms with Gasteiger partial charge < -0.3 is 19.5 Å². The number of hydrogen-bond acceptors (Lipinski definition) is 7. The third kappa shape index (κ3) is 5.48. The summed E-state index contributed by atoms with van der Waals surface area (Å²) < 4.78 is 13.2. The van der Waals surface area contributed by atoms with Crippen molar-refractivity contribution in [2.45, 2.75) is 64.6 Å². The second-order valence-corrected chi connectivity index (χ2v) is 9.46. The third-order valence-electron chi connectivity index (χ3n) is 6.89. The van der Waals surface area contributed by atoms with Gasteiger partial charge in [0.2, 0.25) is 0 Å². The number of pyridine rings is 1. The van der Waals surface area contributed by atoms with Gasteiger partial charge in [-0.25, -0.2) is 14.5 Å². The van der Waals surface area contributed by atoms with E-state index in [2.05, 4.69) is 15.3 Å². The van der Waals surface area contributed by atoms with Crippen molar-refractivity contribution in [2.75, 3.05) is 13.6 Å². The van der Waals surface area contributed by atoms with E-state index in [1.807, 2.05) is 13.0 Å². The number of rotatable bonds is 8. The summed E-state index contributed by atoms with van der Waals surface area (Å²) >= 11 is 0. The Morgan fingerprint density at radius 2 is 1.97 bits per heavy atom. The van der Waals surface area contributed by atoms with Gasteiger partial charge in [-0.05, 0) is 63.5 Å². The molecule has 2 fully saturated rings. The second-order valence-electron chi connectivity index (χ2n) is 9.46. The van der Waals surface area contributed by atoms with Crippen molar-refractivity contribution in [2.24, 2.45) is 18.9 Å². The minimum absolute atomic E-state index is 0.0459. The van der Waals surface area contributed by atoms with Crippen LogP contribution in [0.4, 0.5) is 4.79 Å². The SMILES string of the molecule is Cc1nc(-c2nnn(C)c2COC(=O)N(C)CC2CCC2)ccc1O[C@H]1CCC[C@@H](C(=O)O)C1. The molecule has 4 rings (SSSR count). The molecule has 1 amide bonds. The van der Waals surface area contributed by atoms with Crippen molar-refractivity contribution in [3.8, 4) is 17.1 Å². The average Bonchev–Trinajstić information content (AvgIpc) is 3.16. The Morgan fingerprint density at radius 3 is 2.65 bits per heavy atom. The number of amides is 1. The molecule has 2 aromatic heterocycles. The van der Waals surface area contributed by atoms with E-state index >= 15 is 0 Å². The highest BCUT2D eigenvalue weighted by molar-refractivity contribution is 5.70. The smallest absolute Gasteiger partial charge is 0.409 e. The van der Waals surface area contributed by atoms with Crippen LogP contribution in [0, 0.1) is 18.8 Å². The molecule has 0 bridgehead atoms.